The fourth-order valence-electron chi connectivity index (χ4n) is 4.89. The highest BCUT2D eigenvalue weighted by atomic mass is 16.5. The number of ether oxygens (including phenoxy) is 2. The number of hydrogen-bond donors (Lipinski definition) is 2. The Hall–Kier alpha value is -2.82. The molecule has 0 radical (unpaired) electrons. The van der Waals surface area contributed by atoms with Gasteiger partial charge in [0.15, 0.2) is 0 Å². The molecule has 0 aliphatic carbocycles. The molecular weight excluding hydrogens is 484 g/mol. The predicted molar refractivity (Wildman–Crippen MR) is 163 cm³/mol. The number of para-hydroxylation sites is 2. The highest BCUT2D eigenvalue weighted by Crippen LogP contribution is 2.36. The van der Waals surface area contributed by atoms with E-state index in [2.05, 4.69) is 69.3 Å². The van der Waals surface area contributed by atoms with Crippen LogP contribution in [0.1, 0.15) is 83.6 Å². The van der Waals surface area contributed by atoms with Gasteiger partial charge in [-0.25, -0.2) is 0 Å². The summed E-state index contributed by atoms with van der Waals surface area (Å²) < 4.78 is 12.4. The van der Waals surface area contributed by atoms with Crippen LogP contribution < -0.4 is 9.47 Å². The van der Waals surface area contributed by atoms with E-state index in [1.54, 1.807) is 0 Å². The summed E-state index contributed by atoms with van der Waals surface area (Å²) in [6, 6.07) is 23.0. The molecule has 0 heterocycles. The largest absolute Gasteiger partial charge is 0.493 e. The molecule has 39 heavy (non-hydrogen) atoms. The van der Waals surface area contributed by atoms with Crippen LogP contribution in [0.3, 0.4) is 0 Å². The van der Waals surface area contributed by atoms with Crippen molar-refractivity contribution in [2.45, 2.75) is 97.2 Å². The summed E-state index contributed by atoms with van der Waals surface area (Å²) in [5.74, 6) is 1.78. The third-order valence-corrected chi connectivity index (χ3v) is 7.26. The van der Waals surface area contributed by atoms with Crippen molar-refractivity contribution in [2.75, 3.05) is 13.2 Å². The summed E-state index contributed by atoms with van der Waals surface area (Å²) >= 11 is 0. The summed E-state index contributed by atoms with van der Waals surface area (Å²) in [5.41, 5.74) is 5.48. The summed E-state index contributed by atoms with van der Waals surface area (Å²) in [5, 5.41) is 20.2. The van der Waals surface area contributed by atoms with Crippen molar-refractivity contribution in [1.82, 2.24) is 0 Å². The first kappa shape index (κ1) is 30.7. The molecule has 4 nitrogen and oxygen atoms in total. The van der Waals surface area contributed by atoms with Crippen molar-refractivity contribution in [2.24, 2.45) is 0 Å². The molecule has 0 aliphatic heterocycles. The molecule has 0 fully saturated rings. The van der Waals surface area contributed by atoms with Gasteiger partial charge in [-0.2, -0.15) is 0 Å². The molecule has 0 bridgehead atoms. The monoisotopic (exact) mass is 532 g/mol. The smallest absolute Gasteiger partial charge is 0.130 e. The lowest BCUT2D eigenvalue weighted by molar-refractivity contribution is 0.140. The third kappa shape index (κ3) is 10.0. The maximum atomic E-state index is 10.1. The van der Waals surface area contributed by atoms with Crippen molar-refractivity contribution >= 4 is 0 Å². The lowest BCUT2D eigenvalue weighted by atomic mass is 9.98. The number of aliphatic hydroxyl groups excluding tert-OH is 2. The number of aliphatic hydroxyl groups is 2. The van der Waals surface area contributed by atoms with Crippen LogP contribution in [0.5, 0.6) is 11.5 Å². The second-order valence-corrected chi connectivity index (χ2v) is 10.6. The lowest BCUT2D eigenvalue weighted by Crippen LogP contribution is -2.09. The van der Waals surface area contributed by atoms with E-state index in [0.717, 1.165) is 104 Å². The van der Waals surface area contributed by atoms with Crippen LogP contribution in [0, 0.1) is 6.92 Å². The average molecular weight is 533 g/mol. The van der Waals surface area contributed by atoms with Gasteiger partial charge >= 0.3 is 0 Å². The average Bonchev–Trinajstić information content (AvgIpc) is 2.96. The number of hydrogen-bond acceptors (Lipinski definition) is 4. The lowest BCUT2D eigenvalue weighted by Gasteiger charge is -2.16. The first-order valence-electron chi connectivity index (χ1n) is 14.9. The minimum Gasteiger partial charge on any atom is -0.493 e. The molecule has 0 aliphatic rings. The van der Waals surface area contributed by atoms with Crippen LogP contribution in [0.15, 0.2) is 66.7 Å². The van der Waals surface area contributed by atoms with Crippen molar-refractivity contribution in [3.05, 3.63) is 72.3 Å². The quantitative estimate of drug-likeness (QED) is 0.161. The zero-order valence-electron chi connectivity index (χ0n) is 24.2. The fourth-order valence-corrected chi connectivity index (χ4v) is 4.89. The molecule has 0 amide bonds. The Bertz CT molecular complexity index is 1090. The van der Waals surface area contributed by atoms with Gasteiger partial charge < -0.3 is 19.7 Å². The fraction of sp³-hybridized carbons (Fsp3) is 0.486. The summed E-state index contributed by atoms with van der Waals surface area (Å²) in [4.78, 5) is 0. The number of benzene rings is 3. The zero-order valence-corrected chi connectivity index (χ0v) is 24.2. The molecule has 4 heteroatoms. The number of rotatable bonds is 18. The first-order chi connectivity index (χ1) is 19.0. The summed E-state index contributed by atoms with van der Waals surface area (Å²) in [6.07, 6.45) is 8.87. The maximum absolute atomic E-state index is 10.1. The molecule has 2 N–H and O–H groups in total. The van der Waals surface area contributed by atoms with E-state index in [1.807, 2.05) is 18.2 Å². The topological polar surface area (TPSA) is 58.9 Å². The van der Waals surface area contributed by atoms with Gasteiger partial charge in [-0.05, 0) is 68.2 Å². The minimum atomic E-state index is -0.235. The standard InChI is InChI=1S/C35H48O4/c1-4-6-14-30(36)16-11-25-38-34-20-9-8-18-32(34)28-21-23-29(24-22-28)33-19-10-13-27(3)35(33)39-26-12-17-31(37)15-7-5-2/h8-10,13,18-24,30-31,36-37H,4-7,11-12,14-17,25-26H2,1-3H3. The van der Waals surface area contributed by atoms with Gasteiger partial charge in [0.05, 0.1) is 25.4 Å². The van der Waals surface area contributed by atoms with Gasteiger partial charge in [0.1, 0.15) is 11.5 Å². The van der Waals surface area contributed by atoms with Crippen LogP contribution in [0.25, 0.3) is 22.3 Å². The Morgan fingerprint density at radius 2 is 1.10 bits per heavy atom. The Morgan fingerprint density at radius 1 is 0.590 bits per heavy atom. The molecule has 2 unspecified atom stereocenters. The Labute approximate surface area is 236 Å². The van der Waals surface area contributed by atoms with Gasteiger partial charge in [0.25, 0.3) is 0 Å². The van der Waals surface area contributed by atoms with E-state index in [4.69, 9.17) is 9.47 Å². The second kappa shape index (κ2) is 17.0. The van der Waals surface area contributed by atoms with E-state index >= 15 is 0 Å². The minimum absolute atomic E-state index is 0.232. The highest BCUT2D eigenvalue weighted by molar-refractivity contribution is 5.77. The van der Waals surface area contributed by atoms with E-state index in [0.29, 0.717) is 13.2 Å². The van der Waals surface area contributed by atoms with Crippen LogP contribution in [-0.4, -0.2) is 35.6 Å². The molecule has 212 valence electrons. The maximum Gasteiger partial charge on any atom is 0.130 e. The highest BCUT2D eigenvalue weighted by Gasteiger charge is 2.12. The Kier molecular flexibility index (Phi) is 13.4. The number of unbranched alkanes of at least 4 members (excludes halogenated alkanes) is 2. The normalized spacial score (nSPS) is 12.7. The van der Waals surface area contributed by atoms with E-state index < -0.39 is 0 Å². The Morgan fingerprint density at radius 3 is 1.72 bits per heavy atom. The molecule has 3 aromatic rings. The van der Waals surface area contributed by atoms with Gasteiger partial charge in [0.2, 0.25) is 0 Å². The SMILES string of the molecule is CCCCC(O)CCCOc1ccccc1-c1ccc(-c2cccc(C)c2OCCCC(O)CCCC)cc1. The summed E-state index contributed by atoms with van der Waals surface area (Å²) in [7, 11) is 0. The van der Waals surface area contributed by atoms with Gasteiger partial charge in [-0.15, -0.1) is 0 Å². The van der Waals surface area contributed by atoms with Crippen molar-refractivity contribution in [3.8, 4) is 33.8 Å². The molecule has 0 spiro atoms. The zero-order chi connectivity index (χ0) is 27.9. The van der Waals surface area contributed by atoms with Crippen molar-refractivity contribution < 1.29 is 19.7 Å². The van der Waals surface area contributed by atoms with Crippen molar-refractivity contribution in [1.29, 1.82) is 0 Å². The molecule has 2 atom stereocenters. The predicted octanol–water partition coefficient (Wildman–Crippen LogP) is 8.75. The molecule has 0 saturated heterocycles. The van der Waals surface area contributed by atoms with E-state index in [-0.39, 0.29) is 12.2 Å². The van der Waals surface area contributed by atoms with Gasteiger partial charge in [0, 0.05) is 11.1 Å². The van der Waals surface area contributed by atoms with Gasteiger partial charge in [-0.3, -0.25) is 0 Å². The molecule has 0 aromatic heterocycles. The summed E-state index contributed by atoms with van der Waals surface area (Å²) in [6.45, 7) is 7.58. The molecule has 3 rings (SSSR count). The third-order valence-electron chi connectivity index (χ3n) is 7.26. The van der Waals surface area contributed by atoms with Crippen LogP contribution in [-0.2, 0) is 0 Å². The Balaban J connectivity index is 1.63. The van der Waals surface area contributed by atoms with E-state index in [1.165, 1.54) is 0 Å². The molecular formula is C35H48O4. The number of aryl methyl sites for hydroxylation is 1. The van der Waals surface area contributed by atoms with Crippen LogP contribution in [0.4, 0.5) is 0 Å². The molecule has 0 saturated carbocycles. The van der Waals surface area contributed by atoms with Gasteiger partial charge in [-0.1, -0.05) is 100 Å². The second-order valence-electron chi connectivity index (χ2n) is 10.6. The van der Waals surface area contributed by atoms with Crippen molar-refractivity contribution in [3.63, 3.8) is 0 Å². The van der Waals surface area contributed by atoms with E-state index in [9.17, 15) is 10.2 Å². The first-order valence-corrected chi connectivity index (χ1v) is 14.9. The molecule has 3 aromatic carbocycles. The van der Waals surface area contributed by atoms with Crippen LogP contribution >= 0.6 is 0 Å². The van der Waals surface area contributed by atoms with Crippen LogP contribution in [0.2, 0.25) is 0 Å².